The topological polar surface area (TPSA) is 61.7 Å². The molecule has 0 aliphatic rings. The fourth-order valence-corrected chi connectivity index (χ4v) is 10.4. The Balaban J connectivity index is 1.04. The van der Waals surface area contributed by atoms with Gasteiger partial charge in [-0.3, -0.25) is 4.57 Å². The van der Waals surface area contributed by atoms with Crippen LogP contribution in [0.25, 0.3) is 133 Å². The normalized spacial score (nSPS) is 11.8. The molecule has 0 amide bonds. The molecule has 0 spiro atoms. The first kappa shape index (κ1) is 38.8. The number of para-hydroxylation sites is 2. The number of nitrogens with zero attached hydrogens (tertiary/aromatic N) is 5. The lowest BCUT2D eigenvalue weighted by molar-refractivity contribution is 0.669. The van der Waals surface area contributed by atoms with E-state index < -0.39 is 0 Å². The van der Waals surface area contributed by atoms with Crippen LogP contribution in [0.4, 0.5) is 0 Å². The van der Waals surface area contributed by atoms with Crippen LogP contribution in [0.3, 0.4) is 0 Å². The number of benzene rings is 10. The number of hydrogen-bond acceptors (Lipinski definition) is 4. The lowest BCUT2D eigenvalue weighted by Gasteiger charge is -2.14. The molecule has 0 unspecified atom stereocenters. The van der Waals surface area contributed by atoms with Gasteiger partial charge in [0, 0.05) is 49.1 Å². The smallest absolute Gasteiger partial charge is 0.238 e. The van der Waals surface area contributed by atoms with Gasteiger partial charge < -0.3 is 8.98 Å². The first-order chi connectivity index (χ1) is 34.2. The SMILES string of the molecule is c1ccc(-c2ccc(-n3c4ccccc4c4ccc5c6ccccc6n(-c6nc(-c7cccc(-c8ccccc8)c7)nc(-c7ccc8c(c7)oc7cccc(-c9ccccc9)c78)n6)c5c43)cc2)cc1. The minimum absolute atomic E-state index is 0.520. The van der Waals surface area contributed by atoms with Crippen molar-refractivity contribution in [1.82, 2.24) is 24.1 Å². The third kappa shape index (κ3) is 6.30. The van der Waals surface area contributed by atoms with Crippen molar-refractivity contribution in [2.75, 3.05) is 0 Å². The molecule has 322 valence electrons. The van der Waals surface area contributed by atoms with Crippen LogP contribution in [0.15, 0.2) is 241 Å². The maximum Gasteiger partial charge on any atom is 0.238 e. The molecule has 0 aliphatic carbocycles. The van der Waals surface area contributed by atoms with E-state index in [1.807, 2.05) is 18.2 Å². The molecule has 4 heterocycles. The molecule has 0 saturated heterocycles. The third-order valence-electron chi connectivity index (χ3n) is 13.6. The van der Waals surface area contributed by atoms with Crippen LogP contribution in [0.1, 0.15) is 0 Å². The Morgan fingerprint density at radius 3 is 1.48 bits per heavy atom. The Hall–Kier alpha value is -9.39. The van der Waals surface area contributed by atoms with Crippen LogP contribution < -0.4 is 0 Å². The molecule has 10 aromatic carbocycles. The minimum atomic E-state index is 0.520. The Kier molecular flexibility index (Phi) is 8.79. The van der Waals surface area contributed by atoms with E-state index in [2.05, 4.69) is 228 Å². The van der Waals surface area contributed by atoms with E-state index in [-0.39, 0.29) is 0 Å². The van der Waals surface area contributed by atoms with Gasteiger partial charge in [-0.05, 0) is 81.9 Å². The van der Waals surface area contributed by atoms with Crippen molar-refractivity contribution in [3.05, 3.63) is 237 Å². The average molecular weight is 882 g/mol. The maximum atomic E-state index is 6.66. The van der Waals surface area contributed by atoms with Crippen LogP contribution in [-0.2, 0) is 0 Å². The lowest BCUT2D eigenvalue weighted by Crippen LogP contribution is -2.07. The molecule has 14 rings (SSSR count). The van der Waals surface area contributed by atoms with Crippen molar-refractivity contribution in [2.45, 2.75) is 0 Å². The zero-order valence-corrected chi connectivity index (χ0v) is 37.2. The van der Waals surface area contributed by atoms with Crippen LogP contribution in [-0.4, -0.2) is 24.1 Å². The predicted octanol–water partition coefficient (Wildman–Crippen LogP) is 16.3. The molecular formula is C63H39N5O. The lowest BCUT2D eigenvalue weighted by atomic mass is 9.99. The van der Waals surface area contributed by atoms with Gasteiger partial charge in [-0.15, -0.1) is 0 Å². The Morgan fingerprint density at radius 1 is 0.304 bits per heavy atom. The molecule has 6 heteroatoms. The third-order valence-corrected chi connectivity index (χ3v) is 13.6. The van der Waals surface area contributed by atoms with Gasteiger partial charge in [-0.25, -0.2) is 4.98 Å². The van der Waals surface area contributed by atoms with Gasteiger partial charge >= 0.3 is 0 Å². The second kappa shape index (κ2) is 15.6. The van der Waals surface area contributed by atoms with Gasteiger partial charge in [0.2, 0.25) is 5.95 Å². The van der Waals surface area contributed by atoms with Gasteiger partial charge in [0.15, 0.2) is 11.6 Å². The Morgan fingerprint density at radius 2 is 0.797 bits per heavy atom. The van der Waals surface area contributed by atoms with E-state index >= 15 is 0 Å². The fraction of sp³-hybridized carbons (Fsp3) is 0. The highest BCUT2D eigenvalue weighted by atomic mass is 16.3. The summed E-state index contributed by atoms with van der Waals surface area (Å²) in [4.78, 5) is 16.3. The zero-order valence-electron chi connectivity index (χ0n) is 37.2. The summed E-state index contributed by atoms with van der Waals surface area (Å²) in [6.07, 6.45) is 0. The fourth-order valence-electron chi connectivity index (χ4n) is 10.4. The van der Waals surface area contributed by atoms with Crippen LogP contribution in [0, 0.1) is 0 Å². The van der Waals surface area contributed by atoms with Gasteiger partial charge in [0.1, 0.15) is 11.2 Å². The van der Waals surface area contributed by atoms with Gasteiger partial charge in [-0.1, -0.05) is 188 Å². The number of aromatic nitrogens is 5. The van der Waals surface area contributed by atoms with E-state index in [1.54, 1.807) is 0 Å². The van der Waals surface area contributed by atoms with Crippen molar-refractivity contribution >= 4 is 65.6 Å². The molecular weight excluding hydrogens is 843 g/mol. The Labute approximate surface area is 396 Å². The molecule has 0 bridgehead atoms. The Bertz CT molecular complexity index is 4280. The summed E-state index contributed by atoms with van der Waals surface area (Å²) in [6.45, 7) is 0. The second-order valence-corrected chi connectivity index (χ2v) is 17.6. The molecule has 4 aromatic heterocycles. The quantitative estimate of drug-likeness (QED) is 0.160. The summed E-state index contributed by atoms with van der Waals surface area (Å²) < 4.78 is 11.3. The first-order valence-electron chi connectivity index (χ1n) is 23.3. The molecule has 0 saturated carbocycles. The molecule has 0 fully saturated rings. The summed E-state index contributed by atoms with van der Waals surface area (Å²) in [5.41, 5.74) is 15.4. The monoisotopic (exact) mass is 881 g/mol. The summed E-state index contributed by atoms with van der Waals surface area (Å²) in [6, 6.07) is 83.3. The molecule has 69 heavy (non-hydrogen) atoms. The molecule has 0 radical (unpaired) electrons. The van der Waals surface area contributed by atoms with Crippen molar-refractivity contribution in [3.8, 4) is 67.8 Å². The second-order valence-electron chi connectivity index (χ2n) is 17.6. The molecule has 0 N–H and O–H groups in total. The van der Waals surface area contributed by atoms with Gasteiger partial charge in [0.25, 0.3) is 0 Å². The largest absolute Gasteiger partial charge is 0.456 e. The van der Waals surface area contributed by atoms with E-state index in [4.69, 9.17) is 19.4 Å². The zero-order chi connectivity index (χ0) is 45.4. The number of rotatable bonds is 7. The maximum absolute atomic E-state index is 6.66. The van der Waals surface area contributed by atoms with Crippen molar-refractivity contribution in [3.63, 3.8) is 0 Å². The highest BCUT2D eigenvalue weighted by Crippen LogP contribution is 2.43. The van der Waals surface area contributed by atoms with E-state index in [9.17, 15) is 0 Å². The standard InChI is InChI=1S/C63H39N5O/c1-4-16-40(17-5-1)42-30-33-47(34-31-42)67-54-27-12-10-24-49(54)51-36-37-52-50-25-11-13-28-55(50)68(60(52)59(51)67)63-65-61(45-23-14-22-44(38-45)41-18-6-2-7-19-41)64-62(66-63)46-32-35-53-57(39-46)69-56-29-15-26-48(58(53)56)43-20-8-3-9-21-43/h1-39H. The van der Waals surface area contributed by atoms with Crippen molar-refractivity contribution in [2.24, 2.45) is 0 Å². The van der Waals surface area contributed by atoms with Crippen LogP contribution in [0.5, 0.6) is 0 Å². The van der Waals surface area contributed by atoms with E-state index in [1.165, 1.54) is 16.5 Å². The summed E-state index contributed by atoms with van der Waals surface area (Å²) >= 11 is 0. The summed E-state index contributed by atoms with van der Waals surface area (Å²) in [7, 11) is 0. The first-order valence-corrected chi connectivity index (χ1v) is 23.3. The number of hydrogen-bond donors (Lipinski definition) is 0. The van der Waals surface area contributed by atoms with Crippen LogP contribution in [0.2, 0.25) is 0 Å². The highest BCUT2D eigenvalue weighted by Gasteiger charge is 2.24. The van der Waals surface area contributed by atoms with Gasteiger partial charge in [-0.2, -0.15) is 9.97 Å². The molecule has 14 aromatic rings. The summed E-state index contributed by atoms with van der Waals surface area (Å²) in [5, 5.41) is 6.65. The molecule has 6 nitrogen and oxygen atoms in total. The molecule has 0 aliphatic heterocycles. The number of fused-ring (bicyclic) bond motifs is 10. The minimum Gasteiger partial charge on any atom is -0.456 e. The van der Waals surface area contributed by atoms with Gasteiger partial charge in [0.05, 0.1) is 22.1 Å². The van der Waals surface area contributed by atoms with E-state index in [0.717, 1.165) is 99.2 Å². The van der Waals surface area contributed by atoms with E-state index in [0.29, 0.717) is 17.6 Å². The summed E-state index contributed by atoms with van der Waals surface area (Å²) in [5.74, 6) is 1.63. The van der Waals surface area contributed by atoms with Crippen molar-refractivity contribution < 1.29 is 4.42 Å². The van der Waals surface area contributed by atoms with Crippen molar-refractivity contribution in [1.29, 1.82) is 0 Å². The average Bonchev–Trinajstić information content (AvgIpc) is 4.09. The highest BCUT2D eigenvalue weighted by molar-refractivity contribution is 6.23. The van der Waals surface area contributed by atoms with Crippen LogP contribution >= 0.6 is 0 Å². The predicted molar refractivity (Wildman–Crippen MR) is 283 cm³/mol. The molecule has 0 atom stereocenters. The number of furan rings is 1.